The fourth-order valence-electron chi connectivity index (χ4n) is 2.25. The maximum atomic E-state index is 12.9. The Hall–Kier alpha value is -1.60. The Kier molecular flexibility index (Phi) is 4.29. The maximum absolute atomic E-state index is 12.9. The van der Waals surface area contributed by atoms with Crippen molar-refractivity contribution >= 4 is 5.91 Å². The van der Waals surface area contributed by atoms with Gasteiger partial charge in [-0.05, 0) is 18.1 Å². The van der Waals surface area contributed by atoms with E-state index in [0.29, 0.717) is 6.42 Å². The third-order valence-electron chi connectivity index (χ3n) is 3.17. The van der Waals surface area contributed by atoms with Gasteiger partial charge in [-0.1, -0.05) is 18.2 Å². The van der Waals surface area contributed by atoms with Crippen LogP contribution in [0.4, 0.5) is 13.2 Å². The zero-order valence-electron chi connectivity index (χ0n) is 10.7. The van der Waals surface area contributed by atoms with Crippen molar-refractivity contribution < 1.29 is 23.1 Å². The molecule has 1 atom stereocenters. The molecule has 0 aromatic heterocycles. The molecule has 20 heavy (non-hydrogen) atoms. The first-order valence-electron chi connectivity index (χ1n) is 6.27. The number of alkyl halides is 3. The Labute approximate surface area is 114 Å². The number of aliphatic hydroxyl groups is 1. The molecule has 1 amide bonds. The van der Waals surface area contributed by atoms with Crippen LogP contribution in [0.3, 0.4) is 0 Å². The number of hydrogen-bond donors (Lipinski definition) is 2. The predicted molar refractivity (Wildman–Crippen MR) is 65.4 cm³/mol. The van der Waals surface area contributed by atoms with E-state index in [0.717, 1.165) is 6.07 Å². The number of hydrogen-bond acceptors (Lipinski definition) is 3. The van der Waals surface area contributed by atoms with Crippen molar-refractivity contribution in [3.8, 4) is 0 Å². The molecule has 0 bridgehead atoms. The van der Waals surface area contributed by atoms with Gasteiger partial charge in [-0.3, -0.25) is 9.80 Å². The van der Waals surface area contributed by atoms with E-state index in [-0.39, 0.29) is 31.0 Å². The first-order chi connectivity index (χ1) is 9.43. The molecule has 4 nitrogen and oxygen atoms in total. The molecule has 1 aromatic rings. The van der Waals surface area contributed by atoms with Crippen molar-refractivity contribution in [3.63, 3.8) is 0 Å². The summed E-state index contributed by atoms with van der Waals surface area (Å²) in [7, 11) is 0. The lowest BCUT2D eigenvalue weighted by Crippen LogP contribution is -2.36. The quantitative estimate of drug-likeness (QED) is 0.889. The van der Waals surface area contributed by atoms with Crippen LogP contribution in [0.5, 0.6) is 0 Å². The Morgan fingerprint density at radius 1 is 1.35 bits per heavy atom. The van der Waals surface area contributed by atoms with Crippen LogP contribution >= 0.6 is 0 Å². The number of nitrogens with one attached hydrogen (secondary N) is 1. The predicted octanol–water partition coefficient (Wildman–Crippen LogP) is 1.87. The molecule has 7 heteroatoms. The Morgan fingerprint density at radius 3 is 2.70 bits per heavy atom. The molecule has 1 aromatic carbocycles. The minimum Gasteiger partial charge on any atom is -0.396 e. The van der Waals surface area contributed by atoms with Crippen LogP contribution in [0.1, 0.15) is 30.0 Å². The van der Waals surface area contributed by atoms with Gasteiger partial charge in [-0.25, -0.2) is 5.43 Å². The molecule has 110 valence electrons. The van der Waals surface area contributed by atoms with Crippen LogP contribution in [0.25, 0.3) is 0 Å². The number of halogens is 3. The summed E-state index contributed by atoms with van der Waals surface area (Å²) in [6.07, 6.45) is -4.08. The van der Waals surface area contributed by atoms with Gasteiger partial charge in [0, 0.05) is 19.6 Å². The maximum Gasteiger partial charge on any atom is 0.416 e. The van der Waals surface area contributed by atoms with Gasteiger partial charge in [0.25, 0.3) is 0 Å². The topological polar surface area (TPSA) is 52.6 Å². The van der Waals surface area contributed by atoms with Crippen LogP contribution in [0, 0.1) is 0 Å². The standard InChI is InChI=1S/C13H15F3N2O2/c14-13(15,16)10-5-2-1-4-9(10)11-8-12(20)18(17-11)6-3-7-19/h1-2,4-5,11,17,19H,3,6-8H2. The second-order valence-electron chi connectivity index (χ2n) is 4.59. The van der Waals surface area contributed by atoms with Gasteiger partial charge >= 0.3 is 6.18 Å². The summed E-state index contributed by atoms with van der Waals surface area (Å²) in [4.78, 5) is 11.7. The average molecular weight is 288 g/mol. The molecule has 1 aliphatic rings. The van der Waals surface area contributed by atoms with Crippen LogP contribution in [-0.2, 0) is 11.0 Å². The smallest absolute Gasteiger partial charge is 0.396 e. The normalized spacial score (nSPS) is 19.7. The van der Waals surface area contributed by atoms with E-state index >= 15 is 0 Å². The monoisotopic (exact) mass is 288 g/mol. The van der Waals surface area contributed by atoms with Gasteiger partial charge in [0.15, 0.2) is 0 Å². The molecular formula is C13H15F3N2O2. The number of hydrazine groups is 1. The first-order valence-corrected chi connectivity index (χ1v) is 6.27. The third-order valence-corrected chi connectivity index (χ3v) is 3.17. The minimum atomic E-state index is -4.44. The number of nitrogens with zero attached hydrogens (tertiary/aromatic N) is 1. The summed E-state index contributed by atoms with van der Waals surface area (Å²) in [5.74, 6) is -0.263. The van der Waals surface area contributed by atoms with Crippen LogP contribution in [0.15, 0.2) is 24.3 Å². The molecule has 1 aliphatic heterocycles. The molecule has 0 saturated carbocycles. The van der Waals surface area contributed by atoms with Crippen molar-refractivity contribution in [2.45, 2.75) is 25.1 Å². The molecule has 2 N–H and O–H groups in total. The van der Waals surface area contributed by atoms with Crippen molar-refractivity contribution in [3.05, 3.63) is 35.4 Å². The first kappa shape index (κ1) is 14.8. The molecule has 2 rings (SSSR count). The van der Waals surface area contributed by atoms with Gasteiger partial charge < -0.3 is 5.11 Å². The molecule has 1 fully saturated rings. The van der Waals surface area contributed by atoms with Gasteiger partial charge in [0.05, 0.1) is 11.6 Å². The zero-order valence-corrected chi connectivity index (χ0v) is 10.7. The lowest BCUT2D eigenvalue weighted by atomic mass is 9.99. The highest BCUT2D eigenvalue weighted by molar-refractivity contribution is 5.78. The highest BCUT2D eigenvalue weighted by Crippen LogP contribution is 2.36. The summed E-state index contributed by atoms with van der Waals surface area (Å²) in [5, 5.41) is 10.0. The highest BCUT2D eigenvalue weighted by Gasteiger charge is 2.38. The van der Waals surface area contributed by atoms with E-state index in [1.165, 1.54) is 23.2 Å². The summed E-state index contributed by atoms with van der Waals surface area (Å²) >= 11 is 0. The number of rotatable bonds is 4. The summed E-state index contributed by atoms with van der Waals surface area (Å²) in [5.41, 5.74) is 2.12. The average Bonchev–Trinajstić information content (AvgIpc) is 2.77. The number of benzene rings is 1. The number of aliphatic hydroxyl groups excluding tert-OH is 1. The Balaban J connectivity index is 2.20. The molecule has 1 unspecified atom stereocenters. The molecule has 1 saturated heterocycles. The number of amides is 1. The fourth-order valence-corrected chi connectivity index (χ4v) is 2.25. The van der Waals surface area contributed by atoms with Gasteiger partial charge in [-0.2, -0.15) is 13.2 Å². The minimum absolute atomic E-state index is 0.0154. The van der Waals surface area contributed by atoms with Crippen LogP contribution in [-0.4, -0.2) is 29.2 Å². The van der Waals surface area contributed by atoms with Crippen LogP contribution < -0.4 is 5.43 Å². The van der Waals surface area contributed by atoms with Gasteiger partial charge in [0.2, 0.25) is 5.91 Å². The zero-order chi connectivity index (χ0) is 14.8. The summed E-state index contributed by atoms with van der Waals surface area (Å²) < 4.78 is 38.8. The molecule has 0 spiro atoms. The Morgan fingerprint density at radius 2 is 2.05 bits per heavy atom. The third kappa shape index (κ3) is 3.10. The number of carbonyl (C=O) groups excluding carboxylic acids is 1. The van der Waals surface area contributed by atoms with Crippen molar-refractivity contribution in [1.29, 1.82) is 0 Å². The van der Waals surface area contributed by atoms with Crippen molar-refractivity contribution in [2.24, 2.45) is 0 Å². The lowest BCUT2D eigenvalue weighted by molar-refractivity contribution is -0.138. The Bertz CT molecular complexity index is 491. The van der Waals surface area contributed by atoms with E-state index in [9.17, 15) is 18.0 Å². The van der Waals surface area contributed by atoms with E-state index < -0.39 is 17.8 Å². The van der Waals surface area contributed by atoms with Gasteiger partial charge in [-0.15, -0.1) is 0 Å². The van der Waals surface area contributed by atoms with E-state index in [1.54, 1.807) is 0 Å². The van der Waals surface area contributed by atoms with E-state index in [2.05, 4.69) is 5.43 Å². The second kappa shape index (κ2) is 5.80. The summed E-state index contributed by atoms with van der Waals surface area (Å²) in [6, 6.07) is 4.56. The number of carbonyl (C=O) groups is 1. The molecule has 0 aliphatic carbocycles. The van der Waals surface area contributed by atoms with Gasteiger partial charge in [0.1, 0.15) is 0 Å². The second-order valence-corrected chi connectivity index (χ2v) is 4.59. The summed E-state index contributed by atoms with van der Waals surface area (Å²) in [6.45, 7) is 0.204. The van der Waals surface area contributed by atoms with Crippen molar-refractivity contribution in [2.75, 3.05) is 13.2 Å². The highest BCUT2D eigenvalue weighted by atomic mass is 19.4. The molecular weight excluding hydrogens is 273 g/mol. The van der Waals surface area contributed by atoms with Crippen LogP contribution in [0.2, 0.25) is 0 Å². The van der Waals surface area contributed by atoms with Crippen molar-refractivity contribution in [1.82, 2.24) is 10.4 Å². The lowest BCUT2D eigenvalue weighted by Gasteiger charge is -2.20. The molecule has 0 radical (unpaired) electrons. The SMILES string of the molecule is O=C1CC(c2ccccc2C(F)(F)F)NN1CCCO. The van der Waals surface area contributed by atoms with E-state index in [1.807, 2.05) is 0 Å². The fraction of sp³-hybridized carbons (Fsp3) is 0.462. The molecule has 1 heterocycles. The largest absolute Gasteiger partial charge is 0.416 e. The van der Waals surface area contributed by atoms with E-state index in [4.69, 9.17) is 5.11 Å².